The summed E-state index contributed by atoms with van der Waals surface area (Å²) in [5, 5.41) is 0. The fourth-order valence-electron chi connectivity index (χ4n) is 1.69. The molecule has 1 saturated heterocycles. The van der Waals surface area contributed by atoms with Crippen LogP contribution in [0.2, 0.25) is 0 Å². The van der Waals surface area contributed by atoms with Gasteiger partial charge in [0.1, 0.15) is 0 Å². The summed E-state index contributed by atoms with van der Waals surface area (Å²) in [6.07, 6.45) is 3.46. The van der Waals surface area contributed by atoms with E-state index in [9.17, 15) is 4.79 Å². The third-order valence-corrected chi connectivity index (χ3v) is 2.28. The van der Waals surface area contributed by atoms with Gasteiger partial charge in [-0.1, -0.05) is 12.2 Å². The molecule has 0 aromatic heterocycles. The fourth-order valence-corrected chi connectivity index (χ4v) is 1.69. The van der Waals surface area contributed by atoms with E-state index in [2.05, 4.69) is 0 Å². The number of hydrogen-bond donors (Lipinski definition) is 2. The van der Waals surface area contributed by atoms with E-state index in [4.69, 9.17) is 16.2 Å². The maximum absolute atomic E-state index is 10.8. The third kappa shape index (κ3) is 0.797. The summed E-state index contributed by atoms with van der Waals surface area (Å²) in [5.41, 5.74) is 10.8. The summed E-state index contributed by atoms with van der Waals surface area (Å²) >= 11 is 0. The first-order chi connectivity index (χ1) is 5.20. The minimum atomic E-state index is -0.366. The molecule has 2 aliphatic rings. The first-order valence-electron chi connectivity index (χ1n) is 3.59. The minimum absolute atomic E-state index is 0.0995. The monoisotopic (exact) mass is 154 g/mol. The van der Waals surface area contributed by atoms with Crippen LogP contribution in [0.5, 0.6) is 0 Å². The lowest BCUT2D eigenvalue weighted by Gasteiger charge is -2.17. The Balaban J connectivity index is 2.25. The van der Waals surface area contributed by atoms with Crippen LogP contribution in [0.15, 0.2) is 12.2 Å². The van der Waals surface area contributed by atoms with Crippen molar-refractivity contribution in [1.82, 2.24) is 0 Å². The van der Waals surface area contributed by atoms with Crippen LogP contribution in [0.25, 0.3) is 0 Å². The maximum atomic E-state index is 10.8. The second kappa shape index (κ2) is 2.06. The Morgan fingerprint density at radius 3 is 2.36 bits per heavy atom. The van der Waals surface area contributed by atoms with Crippen LogP contribution in [0.4, 0.5) is 0 Å². The van der Waals surface area contributed by atoms with E-state index in [1.807, 2.05) is 12.2 Å². The summed E-state index contributed by atoms with van der Waals surface area (Å²) < 4.78 is 5.32. The molecular formula is C7H10N2O2. The Bertz CT molecular complexity index is 226. The van der Waals surface area contributed by atoms with Crippen molar-refractivity contribution in [3.63, 3.8) is 0 Å². The molecule has 0 spiro atoms. The number of carbonyl (C=O) groups excluding carboxylic acids is 1. The van der Waals surface area contributed by atoms with Gasteiger partial charge in [0.15, 0.2) is 0 Å². The van der Waals surface area contributed by atoms with Crippen LogP contribution in [0.1, 0.15) is 0 Å². The van der Waals surface area contributed by atoms with Crippen molar-refractivity contribution in [2.24, 2.45) is 17.4 Å². The van der Waals surface area contributed by atoms with Crippen molar-refractivity contribution in [2.75, 3.05) is 0 Å². The Hall–Kier alpha value is -0.870. The lowest BCUT2D eigenvalue weighted by Crippen LogP contribution is -2.44. The van der Waals surface area contributed by atoms with Crippen molar-refractivity contribution < 1.29 is 9.53 Å². The zero-order valence-corrected chi connectivity index (χ0v) is 5.94. The predicted octanol–water partition coefficient (Wildman–Crippen LogP) is -1.25. The van der Waals surface area contributed by atoms with Gasteiger partial charge in [0.25, 0.3) is 0 Å². The van der Waals surface area contributed by atoms with E-state index >= 15 is 0 Å². The van der Waals surface area contributed by atoms with Gasteiger partial charge in [-0.3, -0.25) is 4.79 Å². The van der Waals surface area contributed by atoms with Gasteiger partial charge in [0.2, 0.25) is 5.91 Å². The molecule has 0 radical (unpaired) electrons. The number of nitrogens with two attached hydrogens (primary N) is 2. The Morgan fingerprint density at radius 1 is 1.36 bits per heavy atom. The van der Waals surface area contributed by atoms with E-state index in [1.165, 1.54) is 0 Å². The molecule has 11 heavy (non-hydrogen) atoms. The molecule has 0 saturated carbocycles. The van der Waals surface area contributed by atoms with E-state index in [0.29, 0.717) is 0 Å². The van der Waals surface area contributed by atoms with Crippen molar-refractivity contribution in [1.29, 1.82) is 0 Å². The largest absolute Gasteiger partial charge is 0.369 e. The van der Waals surface area contributed by atoms with Gasteiger partial charge in [-0.25, -0.2) is 0 Å². The Labute approximate surface area is 64.2 Å². The molecular weight excluding hydrogens is 144 g/mol. The molecule has 0 aromatic carbocycles. The first-order valence-corrected chi connectivity index (χ1v) is 3.59. The Morgan fingerprint density at radius 2 is 2.00 bits per heavy atom. The van der Waals surface area contributed by atoms with E-state index in [1.54, 1.807) is 0 Å². The quantitative estimate of drug-likeness (QED) is 0.463. The summed E-state index contributed by atoms with van der Waals surface area (Å²) in [6.45, 7) is 0. The van der Waals surface area contributed by atoms with Crippen molar-refractivity contribution in [2.45, 2.75) is 18.2 Å². The molecule has 4 atom stereocenters. The number of ether oxygens (including phenoxy) is 1. The summed E-state index contributed by atoms with van der Waals surface area (Å²) in [6, 6.07) is -0.248. The van der Waals surface area contributed by atoms with E-state index in [0.717, 1.165) is 0 Å². The molecule has 2 heterocycles. The smallest absolute Gasteiger partial charge is 0.225 e. The third-order valence-electron chi connectivity index (χ3n) is 2.28. The molecule has 4 heteroatoms. The van der Waals surface area contributed by atoms with Crippen molar-refractivity contribution >= 4 is 5.91 Å². The van der Waals surface area contributed by atoms with Crippen LogP contribution in [0, 0.1) is 5.92 Å². The molecule has 0 unspecified atom stereocenters. The van der Waals surface area contributed by atoms with Crippen LogP contribution in [-0.2, 0) is 9.53 Å². The van der Waals surface area contributed by atoms with Crippen LogP contribution in [-0.4, -0.2) is 24.2 Å². The number of primary amides is 1. The number of rotatable bonds is 1. The minimum Gasteiger partial charge on any atom is -0.369 e. The standard InChI is InChI=1S/C7H10N2O2/c8-6-4-2-1-3(11-4)5(6)7(9)10/h1-6H,8H2,(H2,9,10)/t3-,4-,5+,6+/m0/s1. The fraction of sp³-hybridized carbons (Fsp3) is 0.571. The first kappa shape index (κ1) is 6.82. The number of amides is 1. The van der Waals surface area contributed by atoms with E-state index in [-0.39, 0.29) is 30.1 Å². The normalized spacial score (nSPS) is 46.6. The number of hydrogen-bond acceptors (Lipinski definition) is 3. The molecule has 0 aliphatic carbocycles. The van der Waals surface area contributed by atoms with Gasteiger partial charge in [0.05, 0.1) is 18.1 Å². The molecule has 0 aromatic rings. The molecule has 1 fully saturated rings. The predicted molar refractivity (Wildman–Crippen MR) is 38.5 cm³/mol. The number of fused-ring (bicyclic) bond motifs is 2. The summed E-state index contributed by atoms with van der Waals surface area (Å²) in [5.74, 6) is -0.695. The summed E-state index contributed by atoms with van der Waals surface area (Å²) in [7, 11) is 0. The average molecular weight is 154 g/mol. The Kier molecular flexibility index (Phi) is 1.27. The lowest BCUT2D eigenvalue weighted by molar-refractivity contribution is -0.122. The average Bonchev–Trinajstić information content (AvgIpc) is 2.44. The second-order valence-corrected chi connectivity index (χ2v) is 2.96. The zero-order chi connectivity index (χ0) is 8.01. The highest BCUT2D eigenvalue weighted by atomic mass is 16.5. The molecule has 2 aliphatic heterocycles. The van der Waals surface area contributed by atoms with Crippen molar-refractivity contribution in [3.8, 4) is 0 Å². The highest BCUT2D eigenvalue weighted by Crippen LogP contribution is 2.32. The van der Waals surface area contributed by atoms with Gasteiger partial charge in [0, 0.05) is 6.04 Å². The second-order valence-electron chi connectivity index (χ2n) is 2.96. The van der Waals surface area contributed by atoms with Crippen LogP contribution in [0.3, 0.4) is 0 Å². The highest BCUT2D eigenvalue weighted by Gasteiger charge is 2.46. The molecule has 4 N–H and O–H groups in total. The van der Waals surface area contributed by atoms with E-state index < -0.39 is 0 Å². The molecule has 60 valence electrons. The number of carbonyl (C=O) groups is 1. The molecule has 4 nitrogen and oxygen atoms in total. The zero-order valence-electron chi connectivity index (χ0n) is 5.94. The summed E-state index contributed by atoms with van der Waals surface area (Å²) in [4.78, 5) is 10.8. The topological polar surface area (TPSA) is 78.3 Å². The van der Waals surface area contributed by atoms with Gasteiger partial charge in [-0.05, 0) is 0 Å². The molecule has 2 rings (SSSR count). The van der Waals surface area contributed by atoms with Crippen LogP contribution < -0.4 is 11.5 Å². The van der Waals surface area contributed by atoms with Gasteiger partial charge in [-0.15, -0.1) is 0 Å². The maximum Gasteiger partial charge on any atom is 0.225 e. The SMILES string of the molecule is NC(=O)[C@H]1[C@H](N)[C@@H]2C=C[C@@H]1O2. The molecule has 1 amide bonds. The highest BCUT2D eigenvalue weighted by molar-refractivity contribution is 5.79. The lowest BCUT2D eigenvalue weighted by atomic mass is 9.89. The van der Waals surface area contributed by atoms with Crippen LogP contribution >= 0.6 is 0 Å². The molecule has 2 bridgehead atoms. The van der Waals surface area contributed by atoms with Crippen molar-refractivity contribution in [3.05, 3.63) is 12.2 Å². The van der Waals surface area contributed by atoms with Gasteiger partial charge >= 0.3 is 0 Å². The van der Waals surface area contributed by atoms with Gasteiger partial charge in [-0.2, -0.15) is 0 Å². The van der Waals surface area contributed by atoms with Gasteiger partial charge < -0.3 is 16.2 Å².